The van der Waals surface area contributed by atoms with E-state index >= 15 is 0 Å². The van der Waals surface area contributed by atoms with Gasteiger partial charge in [-0.05, 0) is 17.2 Å². The quantitative estimate of drug-likeness (QED) is 0.467. The van der Waals surface area contributed by atoms with Crippen LogP contribution < -0.4 is 4.74 Å². The third kappa shape index (κ3) is 3.08. The third-order valence-electron chi connectivity index (χ3n) is 6.07. The highest BCUT2D eigenvalue weighted by atomic mass is 16.5. The molecule has 0 N–H and O–H groups in total. The topological polar surface area (TPSA) is 29.5 Å². The lowest BCUT2D eigenvalue weighted by Gasteiger charge is -2.34. The Morgan fingerprint density at radius 1 is 0.931 bits per heavy atom. The summed E-state index contributed by atoms with van der Waals surface area (Å²) in [4.78, 5) is 15.9. The SMILES string of the molecule is C=C1[C@@H](C(=O)c2ccccc2)N(Cc2ccccc2)[C@H]2c3ccccc3OC[C@@H]12. The Morgan fingerprint density at radius 3 is 2.34 bits per heavy atom. The Morgan fingerprint density at radius 2 is 1.59 bits per heavy atom. The van der Waals surface area contributed by atoms with Crippen LogP contribution in [-0.4, -0.2) is 23.3 Å². The molecule has 0 spiro atoms. The zero-order chi connectivity index (χ0) is 19.8. The van der Waals surface area contributed by atoms with Crippen LogP contribution in [0.5, 0.6) is 5.75 Å². The van der Waals surface area contributed by atoms with E-state index < -0.39 is 0 Å². The lowest BCUT2D eigenvalue weighted by Crippen LogP contribution is -2.38. The fraction of sp³-hybridized carbons (Fsp3) is 0.192. The minimum Gasteiger partial charge on any atom is -0.493 e. The normalized spacial score (nSPS) is 23.2. The molecule has 3 aromatic carbocycles. The molecule has 1 saturated heterocycles. The number of ketones is 1. The van der Waals surface area contributed by atoms with Gasteiger partial charge in [0, 0.05) is 29.6 Å². The van der Waals surface area contributed by atoms with Crippen LogP contribution >= 0.6 is 0 Å². The molecule has 5 rings (SSSR count). The first-order valence-corrected chi connectivity index (χ1v) is 10.0. The highest BCUT2D eigenvalue weighted by molar-refractivity contribution is 6.02. The van der Waals surface area contributed by atoms with E-state index in [0.717, 1.165) is 22.4 Å². The van der Waals surface area contributed by atoms with Crippen molar-refractivity contribution in [3.8, 4) is 5.75 Å². The Kier molecular flexibility index (Phi) is 4.53. The average Bonchev–Trinajstić information content (AvgIpc) is 3.06. The van der Waals surface area contributed by atoms with Crippen molar-refractivity contribution in [2.24, 2.45) is 5.92 Å². The van der Waals surface area contributed by atoms with Gasteiger partial charge in [-0.15, -0.1) is 0 Å². The molecule has 3 nitrogen and oxygen atoms in total. The molecule has 3 atom stereocenters. The fourth-order valence-corrected chi connectivity index (χ4v) is 4.70. The second-order valence-corrected chi connectivity index (χ2v) is 7.77. The number of hydrogen-bond acceptors (Lipinski definition) is 3. The number of ether oxygens (including phenoxy) is 1. The molecule has 0 saturated carbocycles. The first-order chi connectivity index (χ1) is 14.2. The smallest absolute Gasteiger partial charge is 0.184 e. The number of fused-ring (bicyclic) bond motifs is 3. The Hall–Kier alpha value is -3.17. The highest BCUT2D eigenvalue weighted by Gasteiger charge is 2.50. The van der Waals surface area contributed by atoms with Crippen LogP contribution in [0.1, 0.15) is 27.5 Å². The van der Waals surface area contributed by atoms with Crippen LogP contribution in [-0.2, 0) is 6.54 Å². The van der Waals surface area contributed by atoms with Gasteiger partial charge in [0.2, 0.25) is 0 Å². The minimum absolute atomic E-state index is 0.0883. The zero-order valence-electron chi connectivity index (χ0n) is 16.2. The average molecular weight is 381 g/mol. The van der Waals surface area contributed by atoms with E-state index in [-0.39, 0.29) is 23.8 Å². The minimum atomic E-state index is -0.359. The van der Waals surface area contributed by atoms with E-state index in [1.807, 2.05) is 66.7 Å². The molecule has 3 heteroatoms. The summed E-state index contributed by atoms with van der Waals surface area (Å²) in [5, 5.41) is 0. The van der Waals surface area contributed by atoms with Crippen molar-refractivity contribution in [2.75, 3.05) is 6.61 Å². The molecular weight excluding hydrogens is 358 g/mol. The Balaban J connectivity index is 1.60. The van der Waals surface area contributed by atoms with Crippen LogP contribution in [0.4, 0.5) is 0 Å². The lowest BCUT2D eigenvalue weighted by atomic mass is 9.87. The molecule has 0 aromatic heterocycles. The van der Waals surface area contributed by atoms with Crippen LogP contribution in [0.15, 0.2) is 97.1 Å². The van der Waals surface area contributed by atoms with E-state index in [0.29, 0.717) is 13.2 Å². The first kappa shape index (κ1) is 17.9. The molecule has 144 valence electrons. The maximum atomic E-state index is 13.6. The summed E-state index contributed by atoms with van der Waals surface area (Å²) in [5.41, 5.74) is 4.01. The van der Waals surface area contributed by atoms with Gasteiger partial charge in [0.25, 0.3) is 0 Å². The first-order valence-electron chi connectivity index (χ1n) is 10.0. The van der Waals surface area contributed by atoms with Gasteiger partial charge in [0.15, 0.2) is 5.78 Å². The third-order valence-corrected chi connectivity index (χ3v) is 6.07. The summed E-state index contributed by atoms with van der Waals surface area (Å²) in [5.74, 6) is 1.12. The molecule has 1 fully saturated rings. The molecule has 29 heavy (non-hydrogen) atoms. The summed E-state index contributed by atoms with van der Waals surface area (Å²) in [6.07, 6.45) is 0. The van der Waals surface area contributed by atoms with Gasteiger partial charge in [0.05, 0.1) is 12.6 Å². The molecule has 3 aromatic rings. The van der Waals surface area contributed by atoms with E-state index in [9.17, 15) is 4.79 Å². The number of hydrogen-bond donors (Lipinski definition) is 0. The summed E-state index contributed by atoms with van der Waals surface area (Å²) >= 11 is 0. The van der Waals surface area contributed by atoms with Crippen molar-refractivity contribution in [3.63, 3.8) is 0 Å². The van der Waals surface area contributed by atoms with Crippen LogP contribution in [0, 0.1) is 5.92 Å². The summed E-state index contributed by atoms with van der Waals surface area (Å²) in [6.45, 7) is 5.64. The van der Waals surface area contributed by atoms with Crippen molar-refractivity contribution >= 4 is 5.78 Å². The van der Waals surface area contributed by atoms with E-state index in [1.54, 1.807) is 0 Å². The van der Waals surface area contributed by atoms with Crippen LogP contribution in [0.2, 0.25) is 0 Å². The van der Waals surface area contributed by atoms with Crippen molar-refractivity contribution < 1.29 is 9.53 Å². The molecular formula is C26H23NO2. The van der Waals surface area contributed by atoms with E-state index in [2.05, 4.69) is 29.7 Å². The number of Topliss-reactive ketones (excluding diaryl/α,β-unsaturated/α-hetero) is 1. The van der Waals surface area contributed by atoms with Crippen molar-refractivity contribution in [2.45, 2.75) is 18.6 Å². The number of likely N-dealkylation sites (tertiary alicyclic amines) is 1. The number of carbonyl (C=O) groups is 1. The Bertz CT molecular complexity index is 1040. The summed E-state index contributed by atoms with van der Waals surface area (Å²) < 4.78 is 6.04. The monoisotopic (exact) mass is 381 g/mol. The number of rotatable bonds is 4. The van der Waals surface area contributed by atoms with Gasteiger partial charge in [-0.3, -0.25) is 9.69 Å². The number of para-hydroxylation sites is 1. The molecule has 2 aliphatic rings. The van der Waals surface area contributed by atoms with Gasteiger partial charge >= 0.3 is 0 Å². The second kappa shape index (κ2) is 7.34. The fourth-order valence-electron chi connectivity index (χ4n) is 4.70. The highest BCUT2D eigenvalue weighted by Crippen LogP contribution is 2.50. The number of carbonyl (C=O) groups excluding carboxylic acids is 1. The number of nitrogens with zero attached hydrogens (tertiary/aromatic N) is 1. The van der Waals surface area contributed by atoms with Crippen molar-refractivity contribution in [1.82, 2.24) is 4.90 Å². The molecule has 0 aliphatic carbocycles. The van der Waals surface area contributed by atoms with Crippen molar-refractivity contribution in [3.05, 3.63) is 114 Å². The molecule has 0 radical (unpaired) electrons. The van der Waals surface area contributed by atoms with Crippen molar-refractivity contribution in [1.29, 1.82) is 0 Å². The van der Waals surface area contributed by atoms with Gasteiger partial charge in [-0.1, -0.05) is 85.4 Å². The molecule has 0 unspecified atom stereocenters. The second-order valence-electron chi connectivity index (χ2n) is 7.77. The van der Waals surface area contributed by atoms with E-state index in [1.165, 1.54) is 5.56 Å². The van der Waals surface area contributed by atoms with Gasteiger partial charge in [0.1, 0.15) is 5.75 Å². The zero-order valence-corrected chi connectivity index (χ0v) is 16.2. The summed E-state index contributed by atoms with van der Waals surface area (Å²) in [6, 6.07) is 27.8. The molecule has 2 aliphatic heterocycles. The standard InChI is InChI=1S/C26H23NO2/c1-18-22-17-29-23-15-9-8-14-21(23)25(22)27(16-19-10-4-2-5-11-19)24(18)26(28)20-12-6-3-7-13-20/h2-15,22,24-25H,1,16-17H2/t22-,24-,25-/m0/s1. The van der Waals surface area contributed by atoms with Crippen LogP contribution in [0.25, 0.3) is 0 Å². The Labute approximate surface area is 171 Å². The number of benzene rings is 3. The summed E-state index contributed by atoms with van der Waals surface area (Å²) in [7, 11) is 0. The molecule has 0 bridgehead atoms. The maximum absolute atomic E-state index is 13.6. The molecule has 0 amide bonds. The van der Waals surface area contributed by atoms with Crippen LogP contribution in [0.3, 0.4) is 0 Å². The lowest BCUT2D eigenvalue weighted by molar-refractivity contribution is 0.0802. The van der Waals surface area contributed by atoms with Gasteiger partial charge < -0.3 is 4.74 Å². The van der Waals surface area contributed by atoms with Gasteiger partial charge in [-0.25, -0.2) is 0 Å². The van der Waals surface area contributed by atoms with E-state index in [4.69, 9.17) is 4.74 Å². The predicted molar refractivity (Wildman–Crippen MR) is 114 cm³/mol. The molecule has 2 heterocycles. The predicted octanol–water partition coefficient (Wildman–Crippen LogP) is 5.06. The maximum Gasteiger partial charge on any atom is 0.184 e. The largest absolute Gasteiger partial charge is 0.493 e. The van der Waals surface area contributed by atoms with Gasteiger partial charge in [-0.2, -0.15) is 0 Å².